The smallest absolute Gasteiger partial charge is 0.276 e. The Bertz CT molecular complexity index is 996. The van der Waals surface area contributed by atoms with Gasteiger partial charge in [-0.15, -0.1) is 0 Å². The third-order valence-corrected chi connectivity index (χ3v) is 3.83. The first-order valence-electron chi connectivity index (χ1n) is 8.24. The highest BCUT2D eigenvalue weighted by atomic mass is 16.5. The van der Waals surface area contributed by atoms with Crippen LogP contribution in [-0.2, 0) is 6.54 Å². The number of methoxy groups -OCH3 is 1. The molecule has 0 atom stereocenters. The summed E-state index contributed by atoms with van der Waals surface area (Å²) in [6.07, 6.45) is 4.68. The SMILES string of the molecule is COc1ccc(Cn2cccc(C(=O)N/N=C\c3ccccn3)c2=O)cc1. The van der Waals surface area contributed by atoms with Crippen LogP contribution in [0.2, 0.25) is 0 Å². The quantitative estimate of drug-likeness (QED) is 0.537. The predicted octanol–water partition coefficient (Wildman–Crippen LogP) is 2.06. The van der Waals surface area contributed by atoms with Gasteiger partial charge >= 0.3 is 0 Å². The number of nitrogens with one attached hydrogen (secondary N) is 1. The number of carbonyl (C=O) groups excluding carboxylic acids is 1. The Hall–Kier alpha value is -3.74. The first-order valence-corrected chi connectivity index (χ1v) is 8.24. The predicted molar refractivity (Wildman–Crippen MR) is 102 cm³/mol. The summed E-state index contributed by atoms with van der Waals surface area (Å²) in [6.45, 7) is 0.348. The number of aromatic nitrogens is 2. The highest BCUT2D eigenvalue weighted by molar-refractivity contribution is 5.94. The van der Waals surface area contributed by atoms with E-state index in [0.29, 0.717) is 12.2 Å². The molecule has 1 N–H and O–H groups in total. The molecule has 7 heteroatoms. The molecule has 0 aliphatic rings. The van der Waals surface area contributed by atoms with Gasteiger partial charge in [-0.2, -0.15) is 5.10 Å². The largest absolute Gasteiger partial charge is 0.497 e. The van der Waals surface area contributed by atoms with Gasteiger partial charge in [-0.25, -0.2) is 5.43 Å². The van der Waals surface area contributed by atoms with Gasteiger partial charge in [0.05, 0.1) is 25.6 Å². The van der Waals surface area contributed by atoms with Gasteiger partial charge in [-0.05, 0) is 42.0 Å². The summed E-state index contributed by atoms with van der Waals surface area (Å²) in [4.78, 5) is 28.9. The van der Waals surface area contributed by atoms with Crippen LogP contribution in [0.15, 0.2) is 76.9 Å². The van der Waals surface area contributed by atoms with Gasteiger partial charge in [0.2, 0.25) is 0 Å². The lowest BCUT2D eigenvalue weighted by molar-refractivity contribution is 0.0953. The monoisotopic (exact) mass is 362 g/mol. The zero-order valence-electron chi connectivity index (χ0n) is 14.7. The third kappa shape index (κ3) is 4.66. The molecule has 0 unspecified atom stereocenters. The maximum atomic E-state index is 12.6. The Morgan fingerprint density at radius 3 is 2.70 bits per heavy atom. The van der Waals surface area contributed by atoms with Crippen molar-refractivity contribution >= 4 is 12.1 Å². The molecule has 7 nitrogen and oxygen atoms in total. The molecule has 3 rings (SSSR count). The first-order chi connectivity index (χ1) is 13.2. The highest BCUT2D eigenvalue weighted by Gasteiger charge is 2.11. The van der Waals surface area contributed by atoms with Gasteiger partial charge in [0.15, 0.2) is 0 Å². The molecule has 0 saturated heterocycles. The van der Waals surface area contributed by atoms with Crippen LogP contribution in [0, 0.1) is 0 Å². The lowest BCUT2D eigenvalue weighted by atomic mass is 10.2. The lowest BCUT2D eigenvalue weighted by Gasteiger charge is -2.08. The molecule has 2 heterocycles. The van der Waals surface area contributed by atoms with Gasteiger partial charge < -0.3 is 9.30 Å². The van der Waals surface area contributed by atoms with E-state index in [-0.39, 0.29) is 11.1 Å². The molecule has 0 spiro atoms. The molecule has 0 bridgehead atoms. The van der Waals surface area contributed by atoms with Crippen molar-refractivity contribution in [3.05, 3.63) is 94.2 Å². The Morgan fingerprint density at radius 2 is 2.00 bits per heavy atom. The number of hydrazone groups is 1. The van der Waals surface area contributed by atoms with E-state index in [1.165, 1.54) is 16.8 Å². The van der Waals surface area contributed by atoms with Crippen molar-refractivity contribution in [1.29, 1.82) is 0 Å². The van der Waals surface area contributed by atoms with Crippen LogP contribution in [-0.4, -0.2) is 28.8 Å². The Balaban J connectivity index is 1.72. The molecule has 0 aliphatic heterocycles. The average molecular weight is 362 g/mol. The van der Waals surface area contributed by atoms with Gasteiger partial charge in [-0.1, -0.05) is 18.2 Å². The van der Waals surface area contributed by atoms with Crippen LogP contribution in [0.3, 0.4) is 0 Å². The number of rotatable bonds is 6. The minimum Gasteiger partial charge on any atom is -0.497 e. The van der Waals surface area contributed by atoms with Crippen LogP contribution in [0.5, 0.6) is 5.75 Å². The van der Waals surface area contributed by atoms with Crippen molar-refractivity contribution in [3.63, 3.8) is 0 Å². The summed E-state index contributed by atoms with van der Waals surface area (Å²) in [5.41, 5.74) is 3.50. The maximum Gasteiger partial charge on any atom is 0.276 e. The standard InChI is InChI=1S/C20H18N4O3/c1-27-17-9-7-15(8-10-17)14-24-12-4-6-18(20(24)26)19(25)23-22-13-16-5-2-3-11-21-16/h2-13H,14H2,1H3,(H,23,25)/b22-13-. The fraction of sp³-hybridized carbons (Fsp3) is 0.100. The summed E-state index contributed by atoms with van der Waals surface area (Å²) < 4.78 is 6.60. The summed E-state index contributed by atoms with van der Waals surface area (Å²) in [7, 11) is 1.60. The van der Waals surface area contributed by atoms with E-state index in [1.807, 2.05) is 30.3 Å². The number of hydrogen-bond acceptors (Lipinski definition) is 5. The number of amides is 1. The topological polar surface area (TPSA) is 85.6 Å². The summed E-state index contributed by atoms with van der Waals surface area (Å²) in [6, 6.07) is 15.9. The van der Waals surface area contributed by atoms with Crippen molar-refractivity contribution in [1.82, 2.24) is 15.0 Å². The third-order valence-electron chi connectivity index (χ3n) is 3.83. The Labute approximate surface area is 156 Å². The van der Waals surface area contributed by atoms with Crippen LogP contribution in [0.1, 0.15) is 21.6 Å². The van der Waals surface area contributed by atoms with E-state index in [9.17, 15) is 9.59 Å². The maximum absolute atomic E-state index is 12.6. The van der Waals surface area contributed by atoms with Gasteiger partial charge in [0.25, 0.3) is 11.5 Å². The molecular formula is C20H18N4O3. The van der Waals surface area contributed by atoms with E-state index in [0.717, 1.165) is 11.3 Å². The summed E-state index contributed by atoms with van der Waals surface area (Å²) in [5, 5.41) is 3.84. The Morgan fingerprint density at radius 1 is 1.19 bits per heavy atom. The van der Waals surface area contributed by atoms with Gasteiger partial charge in [0.1, 0.15) is 11.3 Å². The van der Waals surface area contributed by atoms with E-state index >= 15 is 0 Å². The minimum absolute atomic E-state index is 0.0178. The number of hydrogen-bond donors (Lipinski definition) is 1. The van der Waals surface area contributed by atoms with Gasteiger partial charge in [-0.3, -0.25) is 14.6 Å². The molecule has 0 saturated carbocycles. The van der Waals surface area contributed by atoms with E-state index in [4.69, 9.17) is 4.74 Å². The normalized spacial score (nSPS) is 10.7. The van der Waals surface area contributed by atoms with Gasteiger partial charge in [0, 0.05) is 12.4 Å². The summed E-state index contributed by atoms with van der Waals surface area (Å²) >= 11 is 0. The number of nitrogens with zero attached hydrogens (tertiary/aromatic N) is 3. The second-order valence-corrected chi connectivity index (χ2v) is 5.66. The first kappa shape index (κ1) is 18.1. The van der Waals surface area contributed by atoms with Crippen molar-refractivity contribution < 1.29 is 9.53 Å². The van der Waals surface area contributed by atoms with Crippen molar-refractivity contribution in [2.75, 3.05) is 7.11 Å². The fourth-order valence-electron chi connectivity index (χ4n) is 2.43. The second-order valence-electron chi connectivity index (χ2n) is 5.66. The van der Waals surface area contributed by atoms with E-state index in [1.54, 1.807) is 37.7 Å². The zero-order valence-corrected chi connectivity index (χ0v) is 14.7. The number of carbonyl (C=O) groups is 1. The molecule has 27 heavy (non-hydrogen) atoms. The van der Waals surface area contributed by atoms with Crippen molar-refractivity contribution in [2.45, 2.75) is 6.54 Å². The van der Waals surface area contributed by atoms with E-state index in [2.05, 4.69) is 15.5 Å². The zero-order chi connectivity index (χ0) is 19.1. The molecular weight excluding hydrogens is 344 g/mol. The second kappa shape index (κ2) is 8.57. The Kier molecular flexibility index (Phi) is 5.73. The fourth-order valence-corrected chi connectivity index (χ4v) is 2.43. The molecule has 0 aliphatic carbocycles. The van der Waals surface area contributed by atoms with Crippen molar-refractivity contribution in [2.24, 2.45) is 5.10 Å². The molecule has 2 aromatic heterocycles. The van der Waals surface area contributed by atoms with Crippen LogP contribution >= 0.6 is 0 Å². The summed E-state index contributed by atoms with van der Waals surface area (Å²) in [5.74, 6) is 0.168. The molecule has 0 radical (unpaired) electrons. The lowest BCUT2D eigenvalue weighted by Crippen LogP contribution is -2.30. The molecule has 136 valence electrons. The molecule has 3 aromatic rings. The molecule has 0 fully saturated rings. The highest BCUT2D eigenvalue weighted by Crippen LogP contribution is 2.11. The number of pyridine rings is 2. The van der Waals surface area contributed by atoms with Crippen LogP contribution < -0.4 is 15.7 Å². The number of ether oxygens (including phenoxy) is 1. The van der Waals surface area contributed by atoms with Crippen LogP contribution in [0.25, 0.3) is 0 Å². The van der Waals surface area contributed by atoms with Crippen LogP contribution in [0.4, 0.5) is 0 Å². The number of benzene rings is 1. The minimum atomic E-state index is -0.573. The van der Waals surface area contributed by atoms with E-state index < -0.39 is 5.91 Å². The average Bonchev–Trinajstić information content (AvgIpc) is 2.71. The molecule has 1 amide bonds. The molecule has 1 aromatic carbocycles. The van der Waals surface area contributed by atoms with Crippen molar-refractivity contribution in [3.8, 4) is 5.75 Å².